The van der Waals surface area contributed by atoms with E-state index >= 15 is 0 Å². The average Bonchev–Trinajstić information content (AvgIpc) is 2.35. The summed E-state index contributed by atoms with van der Waals surface area (Å²) in [5, 5.41) is 0. The standard InChI is InChI=1S/C13H15ClF3NO/c1-18(12(19)3-2-8-14)9-10-4-6-11(7-5-10)13(15,16)17/h4-7H,2-3,8-9H2,1H3. The van der Waals surface area contributed by atoms with Gasteiger partial charge in [-0.25, -0.2) is 0 Å². The minimum atomic E-state index is -4.33. The van der Waals surface area contributed by atoms with Gasteiger partial charge in [0.1, 0.15) is 0 Å². The molecule has 2 nitrogen and oxygen atoms in total. The number of carbonyl (C=O) groups is 1. The Labute approximate surface area is 115 Å². The third-order valence-electron chi connectivity index (χ3n) is 2.65. The maximum Gasteiger partial charge on any atom is 0.416 e. The lowest BCUT2D eigenvalue weighted by atomic mass is 10.1. The lowest BCUT2D eigenvalue weighted by Crippen LogP contribution is -2.26. The Morgan fingerprint density at radius 3 is 2.32 bits per heavy atom. The molecule has 1 aromatic carbocycles. The number of nitrogens with zero attached hydrogens (tertiary/aromatic N) is 1. The zero-order valence-electron chi connectivity index (χ0n) is 10.5. The van der Waals surface area contributed by atoms with Gasteiger partial charge < -0.3 is 4.90 Å². The third kappa shape index (κ3) is 5.11. The van der Waals surface area contributed by atoms with Crippen molar-refractivity contribution in [3.63, 3.8) is 0 Å². The number of amides is 1. The summed E-state index contributed by atoms with van der Waals surface area (Å²) < 4.78 is 37.1. The van der Waals surface area contributed by atoms with E-state index in [4.69, 9.17) is 11.6 Å². The van der Waals surface area contributed by atoms with Crippen molar-refractivity contribution in [1.29, 1.82) is 0 Å². The number of benzene rings is 1. The van der Waals surface area contributed by atoms with E-state index < -0.39 is 11.7 Å². The highest BCUT2D eigenvalue weighted by atomic mass is 35.5. The summed E-state index contributed by atoms with van der Waals surface area (Å²) in [5.41, 5.74) is -0.0258. The Morgan fingerprint density at radius 1 is 1.26 bits per heavy atom. The quantitative estimate of drug-likeness (QED) is 0.758. The zero-order valence-corrected chi connectivity index (χ0v) is 11.3. The molecule has 19 heavy (non-hydrogen) atoms. The molecule has 6 heteroatoms. The molecule has 0 heterocycles. The van der Waals surface area contributed by atoms with E-state index in [0.29, 0.717) is 30.8 Å². The molecular weight excluding hydrogens is 279 g/mol. The largest absolute Gasteiger partial charge is 0.416 e. The Hall–Kier alpha value is -1.23. The van der Waals surface area contributed by atoms with E-state index in [9.17, 15) is 18.0 Å². The predicted octanol–water partition coefficient (Wildman–Crippen LogP) is 3.68. The van der Waals surface area contributed by atoms with Crippen molar-refractivity contribution in [3.8, 4) is 0 Å². The molecule has 106 valence electrons. The van der Waals surface area contributed by atoms with Crippen molar-refractivity contribution < 1.29 is 18.0 Å². The van der Waals surface area contributed by atoms with Gasteiger partial charge in [0, 0.05) is 25.9 Å². The molecule has 0 N–H and O–H groups in total. The summed E-state index contributed by atoms with van der Waals surface area (Å²) >= 11 is 5.49. The third-order valence-corrected chi connectivity index (χ3v) is 2.92. The first-order valence-electron chi connectivity index (χ1n) is 5.80. The molecule has 1 rings (SSSR count). The van der Waals surface area contributed by atoms with Crippen LogP contribution in [0.4, 0.5) is 13.2 Å². The number of hydrogen-bond donors (Lipinski definition) is 0. The monoisotopic (exact) mass is 293 g/mol. The van der Waals surface area contributed by atoms with Gasteiger partial charge in [0.15, 0.2) is 0 Å². The predicted molar refractivity (Wildman–Crippen MR) is 67.9 cm³/mol. The van der Waals surface area contributed by atoms with Crippen LogP contribution >= 0.6 is 11.6 Å². The van der Waals surface area contributed by atoms with Gasteiger partial charge in [-0.3, -0.25) is 4.79 Å². The molecule has 0 saturated heterocycles. The van der Waals surface area contributed by atoms with Crippen LogP contribution < -0.4 is 0 Å². The van der Waals surface area contributed by atoms with Crippen LogP contribution in [0.1, 0.15) is 24.0 Å². The molecule has 0 unspecified atom stereocenters. The SMILES string of the molecule is CN(Cc1ccc(C(F)(F)F)cc1)C(=O)CCCCl. The minimum Gasteiger partial charge on any atom is -0.341 e. The first kappa shape index (κ1) is 15.8. The van der Waals surface area contributed by atoms with Crippen LogP contribution in [0.25, 0.3) is 0 Å². The van der Waals surface area contributed by atoms with Gasteiger partial charge in [0.2, 0.25) is 5.91 Å². The Bertz CT molecular complexity index is 417. The van der Waals surface area contributed by atoms with Crippen LogP contribution in [0, 0.1) is 0 Å². The Kier molecular flexibility index (Phi) is 5.66. The zero-order chi connectivity index (χ0) is 14.5. The first-order valence-corrected chi connectivity index (χ1v) is 6.34. The number of halogens is 4. The summed E-state index contributed by atoms with van der Waals surface area (Å²) in [4.78, 5) is 13.1. The molecule has 0 atom stereocenters. The second-order valence-corrected chi connectivity index (χ2v) is 4.61. The molecule has 1 aromatic rings. The fourth-order valence-electron chi connectivity index (χ4n) is 1.57. The van der Waals surface area contributed by atoms with Crippen molar-refractivity contribution in [2.45, 2.75) is 25.6 Å². The van der Waals surface area contributed by atoms with Crippen LogP contribution in [0.3, 0.4) is 0 Å². The van der Waals surface area contributed by atoms with Gasteiger partial charge in [-0.1, -0.05) is 12.1 Å². The van der Waals surface area contributed by atoms with Crippen LogP contribution in [0.15, 0.2) is 24.3 Å². The molecule has 0 bridgehead atoms. The van der Waals surface area contributed by atoms with E-state index in [2.05, 4.69) is 0 Å². The topological polar surface area (TPSA) is 20.3 Å². The van der Waals surface area contributed by atoms with Crippen molar-refractivity contribution in [3.05, 3.63) is 35.4 Å². The molecule has 0 aromatic heterocycles. The molecule has 0 radical (unpaired) electrons. The minimum absolute atomic E-state index is 0.0689. The fraction of sp³-hybridized carbons (Fsp3) is 0.462. The summed E-state index contributed by atoms with van der Waals surface area (Å²) in [5.74, 6) is 0.348. The molecule has 0 fully saturated rings. The summed E-state index contributed by atoms with van der Waals surface area (Å²) in [7, 11) is 1.62. The normalized spacial score (nSPS) is 11.4. The lowest BCUT2D eigenvalue weighted by molar-refractivity contribution is -0.137. The van der Waals surface area contributed by atoms with Crippen molar-refractivity contribution >= 4 is 17.5 Å². The molecule has 0 aliphatic rings. The summed E-state index contributed by atoms with van der Waals surface area (Å²) in [6.07, 6.45) is -3.39. The number of alkyl halides is 4. The molecule has 0 aliphatic heterocycles. The number of hydrogen-bond acceptors (Lipinski definition) is 1. The van der Waals surface area contributed by atoms with Gasteiger partial charge in [-0.2, -0.15) is 13.2 Å². The van der Waals surface area contributed by atoms with E-state index in [1.807, 2.05) is 0 Å². The van der Waals surface area contributed by atoms with E-state index in [1.165, 1.54) is 17.0 Å². The van der Waals surface area contributed by atoms with Gasteiger partial charge in [-0.15, -0.1) is 11.6 Å². The van der Waals surface area contributed by atoms with Gasteiger partial charge >= 0.3 is 6.18 Å². The van der Waals surface area contributed by atoms with E-state index in [-0.39, 0.29) is 5.91 Å². The molecular formula is C13H15ClF3NO. The van der Waals surface area contributed by atoms with Crippen LogP contribution in [-0.2, 0) is 17.5 Å². The highest BCUT2D eigenvalue weighted by molar-refractivity contribution is 6.17. The van der Waals surface area contributed by atoms with E-state index in [1.54, 1.807) is 7.05 Å². The highest BCUT2D eigenvalue weighted by Crippen LogP contribution is 2.29. The van der Waals surface area contributed by atoms with Gasteiger partial charge in [0.25, 0.3) is 0 Å². The molecule has 0 spiro atoms. The highest BCUT2D eigenvalue weighted by Gasteiger charge is 2.29. The maximum atomic E-state index is 12.4. The smallest absolute Gasteiger partial charge is 0.341 e. The summed E-state index contributed by atoms with van der Waals surface area (Å²) in [6.45, 7) is 0.291. The average molecular weight is 294 g/mol. The van der Waals surface area contributed by atoms with Gasteiger partial charge in [-0.05, 0) is 24.1 Å². The Balaban J connectivity index is 2.60. The number of rotatable bonds is 5. The second-order valence-electron chi connectivity index (χ2n) is 4.24. The van der Waals surface area contributed by atoms with Gasteiger partial charge in [0.05, 0.1) is 5.56 Å². The van der Waals surface area contributed by atoms with Crippen LogP contribution in [0.2, 0.25) is 0 Å². The van der Waals surface area contributed by atoms with Crippen LogP contribution in [-0.4, -0.2) is 23.7 Å². The fourth-order valence-corrected chi connectivity index (χ4v) is 1.70. The lowest BCUT2D eigenvalue weighted by Gasteiger charge is -2.17. The first-order chi connectivity index (χ1) is 8.84. The van der Waals surface area contributed by atoms with Crippen LogP contribution in [0.5, 0.6) is 0 Å². The molecule has 1 amide bonds. The second kappa shape index (κ2) is 6.80. The van der Waals surface area contributed by atoms with E-state index in [0.717, 1.165) is 12.1 Å². The maximum absolute atomic E-state index is 12.4. The van der Waals surface area contributed by atoms with Crippen molar-refractivity contribution in [2.75, 3.05) is 12.9 Å². The number of carbonyl (C=O) groups excluding carboxylic acids is 1. The molecule has 0 aliphatic carbocycles. The van der Waals surface area contributed by atoms with Crippen molar-refractivity contribution in [1.82, 2.24) is 4.90 Å². The summed E-state index contributed by atoms with van der Waals surface area (Å²) in [6, 6.07) is 4.81. The Morgan fingerprint density at radius 2 is 1.84 bits per heavy atom. The van der Waals surface area contributed by atoms with Crippen molar-refractivity contribution in [2.24, 2.45) is 0 Å². The molecule has 0 saturated carbocycles.